The number of carbonyl (C=O) groups is 1. The van der Waals surface area contributed by atoms with E-state index in [-0.39, 0.29) is 29.9 Å². The number of pyridine rings is 1. The Morgan fingerprint density at radius 3 is 2.61 bits per heavy atom. The molecular formula is C20H28IN5OS. The summed E-state index contributed by atoms with van der Waals surface area (Å²) in [5.74, 6) is 2.15. The molecular weight excluding hydrogens is 485 g/mol. The van der Waals surface area contributed by atoms with Gasteiger partial charge < -0.3 is 16.0 Å². The number of halogens is 1. The summed E-state index contributed by atoms with van der Waals surface area (Å²) in [7, 11) is 0. The summed E-state index contributed by atoms with van der Waals surface area (Å²) < 4.78 is 0. The number of nitrogens with one attached hydrogen (secondary N) is 3. The topological polar surface area (TPSA) is 78.4 Å². The fraction of sp³-hybridized carbons (Fsp3) is 0.350. The van der Waals surface area contributed by atoms with Crippen LogP contribution < -0.4 is 16.0 Å². The van der Waals surface area contributed by atoms with Crippen molar-refractivity contribution < 1.29 is 4.79 Å². The molecule has 0 spiro atoms. The molecule has 2 rings (SSSR count). The molecule has 0 aliphatic heterocycles. The molecule has 152 valence electrons. The predicted molar refractivity (Wildman–Crippen MR) is 129 cm³/mol. The van der Waals surface area contributed by atoms with Crippen molar-refractivity contribution >= 4 is 53.4 Å². The van der Waals surface area contributed by atoms with Crippen molar-refractivity contribution in [3.8, 4) is 0 Å². The van der Waals surface area contributed by atoms with E-state index in [0.29, 0.717) is 18.8 Å². The Morgan fingerprint density at radius 1 is 1.11 bits per heavy atom. The highest BCUT2D eigenvalue weighted by Crippen LogP contribution is 2.15. The van der Waals surface area contributed by atoms with Gasteiger partial charge >= 0.3 is 0 Å². The second kappa shape index (κ2) is 14.2. The number of guanidine groups is 1. The van der Waals surface area contributed by atoms with Gasteiger partial charge in [-0.05, 0) is 38.1 Å². The van der Waals surface area contributed by atoms with Gasteiger partial charge in [0.05, 0.1) is 6.54 Å². The summed E-state index contributed by atoms with van der Waals surface area (Å²) in [6.07, 6.45) is 0.310. The Morgan fingerprint density at radius 2 is 1.89 bits per heavy atom. The Balaban J connectivity index is 0.00000392. The highest BCUT2D eigenvalue weighted by atomic mass is 127. The molecule has 0 radical (unpaired) electrons. The maximum absolute atomic E-state index is 12.0. The predicted octanol–water partition coefficient (Wildman–Crippen LogP) is 3.68. The molecule has 6 nitrogen and oxygen atoms in total. The highest BCUT2D eigenvalue weighted by Gasteiger charge is 2.04. The third kappa shape index (κ3) is 9.93. The molecule has 0 aliphatic carbocycles. The second-order valence-corrected chi connectivity index (χ2v) is 6.98. The zero-order chi connectivity index (χ0) is 19.3. The number of rotatable bonds is 9. The van der Waals surface area contributed by atoms with E-state index in [0.717, 1.165) is 30.5 Å². The molecule has 3 N–H and O–H groups in total. The van der Waals surface area contributed by atoms with Crippen LogP contribution in [0.2, 0.25) is 0 Å². The van der Waals surface area contributed by atoms with Crippen LogP contribution in [0.15, 0.2) is 58.4 Å². The van der Waals surface area contributed by atoms with Crippen LogP contribution in [0.3, 0.4) is 0 Å². The number of hydrogen-bond acceptors (Lipinski definition) is 4. The van der Waals surface area contributed by atoms with Crippen molar-refractivity contribution in [2.45, 2.75) is 25.2 Å². The van der Waals surface area contributed by atoms with Crippen molar-refractivity contribution in [2.24, 2.45) is 4.99 Å². The minimum absolute atomic E-state index is 0. The van der Waals surface area contributed by atoms with Gasteiger partial charge in [-0.1, -0.05) is 24.3 Å². The molecule has 28 heavy (non-hydrogen) atoms. The monoisotopic (exact) mass is 513 g/mol. The molecule has 0 atom stereocenters. The van der Waals surface area contributed by atoms with Gasteiger partial charge in [0.25, 0.3) is 0 Å². The average Bonchev–Trinajstić information content (AvgIpc) is 2.66. The van der Waals surface area contributed by atoms with E-state index in [1.54, 1.807) is 17.8 Å². The fourth-order valence-corrected chi connectivity index (χ4v) is 3.07. The molecule has 2 aromatic rings. The maximum Gasteiger partial charge on any atom is 0.227 e. The summed E-state index contributed by atoms with van der Waals surface area (Å²) in [5.41, 5.74) is 0.873. The number of aliphatic imine (C=N–C) groups is 1. The average molecular weight is 513 g/mol. The van der Waals surface area contributed by atoms with E-state index < -0.39 is 0 Å². The van der Waals surface area contributed by atoms with E-state index in [2.05, 4.69) is 38.1 Å². The number of carbonyl (C=O) groups excluding carboxylic acids is 1. The summed E-state index contributed by atoms with van der Waals surface area (Å²) in [6.45, 7) is 5.90. The van der Waals surface area contributed by atoms with Crippen LogP contribution in [0.1, 0.15) is 19.0 Å². The summed E-state index contributed by atoms with van der Waals surface area (Å²) in [4.78, 5) is 22.0. The number of hydrogen-bond donors (Lipinski definition) is 3. The first-order chi connectivity index (χ1) is 13.2. The lowest BCUT2D eigenvalue weighted by Crippen LogP contribution is -2.38. The van der Waals surface area contributed by atoms with Crippen molar-refractivity contribution in [3.63, 3.8) is 0 Å². The van der Waals surface area contributed by atoms with Crippen LogP contribution in [0, 0.1) is 6.92 Å². The lowest BCUT2D eigenvalue weighted by atomic mass is 10.3. The normalized spacial score (nSPS) is 10.7. The van der Waals surface area contributed by atoms with Crippen LogP contribution >= 0.6 is 35.7 Å². The molecule has 1 heterocycles. The first-order valence-electron chi connectivity index (χ1n) is 9.11. The van der Waals surface area contributed by atoms with Gasteiger partial charge in [-0.2, -0.15) is 0 Å². The first-order valence-corrected chi connectivity index (χ1v) is 10.1. The van der Waals surface area contributed by atoms with Gasteiger partial charge in [0.2, 0.25) is 5.91 Å². The lowest BCUT2D eigenvalue weighted by Gasteiger charge is -2.11. The van der Waals surface area contributed by atoms with Gasteiger partial charge in [0, 0.05) is 35.9 Å². The van der Waals surface area contributed by atoms with Crippen LogP contribution in [-0.2, 0) is 4.79 Å². The highest BCUT2D eigenvalue weighted by molar-refractivity contribution is 14.0. The van der Waals surface area contributed by atoms with E-state index in [9.17, 15) is 4.79 Å². The Bertz CT molecular complexity index is 742. The van der Waals surface area contributed by atoms with E-state index in [4.69, 9.17) is 0 Å². The van der Waals surface area contributed by atoms with Gasteiger partial charge in [-0.25, -0.2) is 4.98 Å². The second-order valence-electron chi connectivity index (χ2n) is 5.81. The summed E-state index contributed by atoms with van der Waals surface area (Å²) in [6, 6.07) is 15.9. The number of anilines is 1. The zero-order valence-corrected chi connectivity index (χ0v) is 19.4. The quantitative estimate of drug-likeness (QED) is 0.157. The molecule has 0 aliphatic rings. The molecule has 0 saturated heterocycles. The summed E-state index contributed by atoms with van der Waals surface area (Å²) >= 11 is 1.80. The van der Waals surface area contributed by atoms with Crippen LogP contribution in [0.5, 0.6) is 0 Å². The van der Waals surface area contributed by atoms with Crippen LogP contribution in [-0.4, -0.2) is 42.2 Å². The number of benzene rings is 1. The maximum atomic E-state index is 12.0. The standard InChI is InChI=1S/C20H27N5OS.HI/c1-3-21-20(23-14-15-27-17-9-5-4-6-10-17)22-13-12-19(26)25-18-11-7-8-16(2)24-18;/h4-11H,3,12-15H2,1-2H3,(H2,21,22,23)(H,24,25,26);1H. The van der Waals surface area contributed by atoms with Crippen molar-refractivity contribution in [2.75, 3.05) is 30.7 Å². The molecule has 1 aromatic heterocycles. The van der Waals surface area contributed by atoms with Gasteiger partial charge in [-0.15, -0.1) is 35.7 Å². The van der Waals surface area contributed by atoms with E-state index in [1.165, 1.54) is 4.90 Å². The Kier molecular flexibility index (Phi) is 12.3. The number of aromatic nitrogens is 1. The number of amides is 1. The van der Waals surface area contributed by atoms with E-state index in [1.807, 2.05) is 44.2 Å². The Labute approximate surface area is 188 Å². The largest absolute Gasteiger partial charge is 0.357 e. The molecule has 0 bridgehead atoms. The smallest absolute Gasteiger partial charge is 0.227 e. The molecule has 0 unspecified atom stereocenters. The molecule has 0 fully saturated rings. The van der Waals surface area contributed by atoms with Gasteiger partial charge in [-0.3, -0.25) is 9.79 Å². The lowest BCUT2D eigenvalue weighted by molar-refractivity contribution is -0.116. The third-order valence-corrected chi connectivity index (χ3v) is 4.53. The fourth-order valence-electron chi connectivity index (χ4n) is 2.28. The van der Waals surface area contributed by atoms with Crippen molar-refractivity contribution in [3.05, 3.63) is 54.2 Å². The van der Waals surface area contributed by atoms with Crippen molar-refractivity contribution in [1.82, 2.24) is 15.6 Å². The van der Waals surface area contributed by atoms with E-state index >= 15 is 0 Å². The SMILES string of the molecule is CCNC(=NCCC(=O)Nc1cccc(C)n1)NCCSc1ccccc1.I. The number of nitrogens with zero attached hydrogens (tertiary/aromatic N) is 2. The molecule has 8 heteroatoms. The Hall–Kier alpha value is -1.81. The van der Waals surface area contributed by atoms with Crippen LogP contribution in [0.25, 0.3) is 0 Å². The molecule has 0 saturated carbocycles. The zero-order valence-electron chi connectivity index (χ0n) is 16.3. The van der Waals surface area contributed by atoms with Gasteiger partial charge in [0.15, 0.2) is 5.96 Å². The van der Waals surface area contributed by atoms with Crippen LogP contribution in [0.4, 0.5) is 5.82 Å². The summed E-state index contributed by atoms with van der Waals surface area (Å²) in [5, 5.41) is 9.29. The van der Waals surface area contributed by atoms with Gasteiger partial charge in [0.1, 0.15) is 5.82 Å². The van der Waals surface area contributed by atoms with Crippen molar-refractivity contribution in [1.29, 1.82) is 0 Å². The molecule has 1 amide bonds. The number of thioether (sulfide) groups is 1. The molecule has 1 aromatic carbocycles. The minimum atomic E-state index is -0.0904. The number of aryl methyl sites for hydroxylation is 1. The minimum Gasteiger partial charge on any atom is -0.357 e. The third-order valence-electron chi connectivity index (χ3n) is 3.52. The first kappa shape index (κ1) is 24.2.